The summed E-state index contributed by atoms with van der Waals surface area (Å²) in [7, 11) is 1.55. The van der Waals surface area contributed by atoms with Crippen molar-refractivity contribution in [3.05, 3.63) is 47.6 Å². The number of fused-ring (bicyclic) bond motifs is 1. The molecule has 0 saturated heterocycles. The molecule has 0 fully saturated rings. The molecule has 2 aromatic heterocycles. The fraction of sp³-hybridized carbons (Fsp3) is 0.188. The van der Waals surface area contributed by atoms with Crippen molar-refractivity contribution in [2.24, 2.45) is 0 Å². The largest absolute Gasteiger partial charge is 0.481 e. The summed E-state index contributed by atoms with van der Waals surface area (Å²) in [4.78, 5) is 20.5. The highest BCUT2D eigenvalue weighted by atomic mass is 32.1. The summed E-state index contributed by atoms with van der Waals surface area (Å²) in [6.07, 6.45) is 2.61. The quantitative estimate of drug-likeness (QED) is 0.785. The standard InChI is InChI=1S/C16H15N3O2S/c1-21-15-8-6-11(10-17-15)18-14(20)7-9-16-19-12-4-2-3-5-13(12)22-16/h2-6,8,10H,7,9H2,1H3,(H,18,20). The molecule has 0 unspecified atom stereocenters. The minimum atomic E-state index is -0.0498. The third-order valence-corrected chi connectivity index (χ3v) is 4.23. The second-order valence-corrected chi connectivity index (χ2v) is 5.83. The number of ether oxygens (including phenoxy) is 1. The first kappa shape index (κ1) is 14.5. The molecule has 5 nitrogen and oxygen atoms in total. The number of amides is 1. The molecule has 0 spiro atoms. The summed E-state index contributed by atoms with van der Waals surface area (Å²) >= 11 is 1.63. The molecular weight excluding hydrogens is 298 g/mol. The van der Waals surface area contributed by atoms with Crippen molar-refractivity contribution in [1.29, 1.82) is 0 Å². The molecule has 0 aliphatic carbocycles. The SMILES string of the molecule is COc1ccc(NC(=O)CCc2nc3ccccc3s2)cn1. The van der Waals surface area contributed by atoms with E-state index in [1.807, 2.05) is 24.3 Å². The van der Waals surface area contributed by atoms with Crippen LogP contribution in [0, 0.1) is 0 Å². The molecule has 0 aliphatic rings. The van der Waals surface area contributed by atoms with Crippen LogP contribution < -0.4 is 10.1 Å². The number of para-hydroxylation sites is 1. The van der Waals surface area contributed by atoms with E-state index in [0.29, 0.717) is 24.4 Å². The first-order valence-electron chi connectivity index (χ1n) is 6.89. The predicted octanol–water partition coefficient (Wildman–Crippen LogP) is 3.27. The van der Waals surface area contributed by atoms with Gasteiger partial charge in [0.1, 0.15) is 0 Å². The van der Waals surface area contributed by atoms with Gasteiger partial charge in [0.05, 0.1) is 34.2 Å². The minimum absolute atomic E-state index is 0.0498. The van der Waals surface area contributed by atoms with Crippen molar-refractivity contribution >= 4 is 33.1 Å². The van der Waals surface area contributed by atoms with Gasteiger partial charge in [0, 0.05) is 18.9 Å². The van der Waals surface area contributed by atoms with Crippen molar-refractivity contribution in [3.63, 3.8) is 0 Å². The Morgan fingerprint density at radius 1 is 1.27 bits per heavy atom. The van der Waals surface area contributed by atoms with Crippen LogP contribution in [-0.4, -0.2) is 23.0 Å². The van der Waals surface area contributed by atoms with Crippen LogP contribution in [0.15, 0.2) is 42.6 Å². The molecule has 0 saturated carbocycles. The molecule has 1 amide bonds. The van der Waals surface area contributed by atoms with Gasteiger partial charge in [-0.25, -0.2) is 9.97 Å². The minimum Gasteiger partial charge on any atom is -0.481 e. The van der Waals surface area contributed by atoms with Crippen molar-refractivity contribution in [2.45, 2.75) is 12.8 Å². The summed E-state index contributed by atoms with van der Waals surface area (Å²) in [5.41, 5.74) is 1.65. The highest BCUT2D eigenvalue weighted by Crippen LogP contribution is 2.22. The van der Waals surface area contributed by atoms with Gasteiger partial charge in [-0.05, 0) is 18.2 Å². The first-order chi connectivity index (χ1) is 10.7. The van der Waals surface area contributed by atoms with Crippen LogP contribution in [0.4, 0.5) is 5.69 Å². The highest BCUT2D eigenvalue weighted by molar-refractivity contribution is 7.18. The lowest BCUT2D eigenvalue weighted by Gasteiger charge is -2.04. The van der Waals surface area contributed by atoms with E-state index in [4.69, 9.17) is 4.74 Å². The van der Waals surface area contributed by atoms with Gasteiger partial charge in [0.2, 0.25) is 11.8 Å². The first-order valence-corrected chi connectivity index (χ1v) is 7.70. The van der Waals surface area contributed by atoms with Gasteiger partial charge in [0.25, 0.3) is 0 Å². The van der Waals surface area contributed by atoms with Crippen molar-refractivity contribution in [3.8, 4) is 5.88 Å². The molecule has 2 heterocycles. The van der Waals surface area contributed by atoms with Crippen LogP contribution in [0.3, 0.4) is 0 Å². The number of aryl methyl sites for hydroxylation is 1. The van der Waals surface area contributed by atoms with E-state index in [-0.39, 0.29) is 5.91 Å². The number of carbonyl (C=O) groups excluding carboxylic acids is 1. The number of thiazole rings is 1. The van der Waals surface area contributed by atoms with Crippen LogP contribution in [0.2, 0.25) is 0 Å². The Morgan fingerprint density at radius 3 is 2.86 bits per heavy atom. The summed E-state index contributed by atoms with van der Waals surface area (Å²) in [6.45, 7) is 0. The van der Waals surface area contributed by atoms with E-state index < -0.39 is 0 Å². The number of methoxy groups -OCH3 is 1. The number of hydrogen-bond acceptors (Lipinski definition) is 5. The van der Waals surface area contributed by atoms with Gasteiger partial charge in [-0.2, -0.15) is 0 Å². The van der Waals surface area contributed by atoms with E-state index in [1.165, 1.54) is 0 Å². The molecule has 112 valence electrons. The maximum Gasteiger partial charge on any atom is 0.224 e. The number of carbonyl (C=O) groups is 1. The summed E-state index contributed by atoms with van der Waals surface area (Å²) < 4.78 is 6.13. The number of nitrogens with zero attached hydrogens (tertiary/aromatic N) is 2. The van der Waals surface area contributed by atoms with Crippen molar-refractivity contribution in [1.82, 2.24) is 9.97 Å². The molecule has 0 radical (unpaired) electrons. The molecule has 3 rings (SSSR count). The Kier molecular flexibility index (Phi) is 4.29. The third-order valence-electron chi connectivity index (χ3n) is 3.13. The van der Waals surface area contributed by atoms with Crippen LogP contribution in [0.25, 0.3) is 10.2 Å². The summed E-state index contributed by atoms with van der Waals surface area (Å²) in [5.74, 6) is 0.471. The van der Waals surface area contributed by atoms with Gasteiger partial charge < -0.3 is 10.1 Å². The lowest BCUT2D eigenvalue weighted by atomic mass is 10.3. The summed E-state index contributed by atoms with van der Waals surface area (Å²) in [6, 6.07) is 11.5. The average Bonchev–Trinajstić information content (AvgIpc) is 2.96. The van der Waals surface area contributed by atoms with E-state index in [0.717, 1.165) is 15.2 Å². The fourth-order valence-electron chi connectivity index (χ4n) is 2.05. The van der Waals surface area contributed by atoms with Gasteiger partial charge >= 0.3 is 0 Å². The third kappa shape index (κ3) is 3.40. The van der Waals surface area contributed by atoms with Crippen LogP contribution in [-0.2, 0) is 11.2 Å². The van der Waals surface area contributed by atoms with Crippen molar-refractivity contribution in [2.75, 3.05) is 12.4 Å². The highest BCUT2D eigenvalue weighted by Gasteiger charge is 2.07. The van der Waals surface area contributed by atoms with Gasteiger partial charge in [-0.3, -0.25) is 4.79 Å². The van der Waals surface area contributed by atoms with E-state index in [9.17, 15) is 4.79 Å². The van der Waals surface area contributed by atoms with E-state index in [2.05, 4.69) is 15.3 Å². The Labute approximate surface area is 132 Å². The molecule has 22 heavy (non-hydrogen) atoms. The van der Waals surface area contributed by atoms with Crippen LogP contribution in [0.5, 0.6) is 5.88 Å². The maximum atomic E-state index is 12.0. The molecule has 1 aromatic carbocycles. The number of rotatable bonds is 5. The molecule has 3 aromatic rings. The number of hydrogen-bond donors (Lipinski definition) is 1. The second kappa shape index (κ2) is 6.53. The Balaban J connectivity index is 1.57. The molecule has 6 heteroatoms. The van der Waals surface area contributed by atoms with Crippen LogP contribution >= 0.6 is 11.3 Å². The zero-order valence-electron chi connectivity index (χ0n) is 12.1. The molecule has 0 aliphatic heterocycles. The Morgan fingerprint density at radius 2 is 2.14 bits per heavy atom. The zero-order chi connectivity index (χ0) is 15.4. The molecule has 1 N–H and O–H groups in total. The second-order valence-electron chi connectivity index (χ2n) is 4.71. The van der Waals surface area contributed by atoms with E-state index in [1.54, 1.807) is 36.8 Å². The van der Waals surface area contributed by atoms with Crippen molar-refractivity contribution < 1.29 is 9.53 Å². The van der Waals surface area contributed by atoms with E-state index >= 15 is 0 Å². The van der Waals surface area contributed by atoms with Gasteiger partial charge in [-0.1, -0.05) is 12.1 Å². The fourth-order valence-corrected chi connectivity index (χ4v) is 3.01. The molecule has 0 atom stereocenters. The normalized spacial score (nSPS) is 10.6. The monoisotopic (exact) mass is 313 g/mol. The van der Waals surface area contributed by atoms with Gasteiger partial charge in [0.15, 0.2) is 0 Å². The zero-order valence-corrected chi connectivity index (χ0v) is 12.9. The molecule has 0 bridgehead atoms. The number of aromatic nitrogens is 2. The predicted molar refractivity (Wildman–Crippen MR) is 87.4 cm³/mol. The molecular formula is C16H15N3O2S. The number of benzene rings is 1. The Bertz CT molecular complexity index is 750. The lowest BCUT2D eigenvalue weighted by Crippen LogP contribution is -2.12. The Hall–Kier alpha value is -2.47. The maximum absolute atomic E-state index is 12.0. The average molecular weight is 313 g/mol. The topological polar surface area (TPSA) is 64.1 Å². The number of anilines is 1. The van der Waals surface area contributed by atoms with Crippen LogP contribution in [0.1, 0.15) is 11.4 Å². The number of nitrogens with one attached hydrogen (secondary N) is 1. The lowest BCUT2D eigenvalue weighted by molar-refractivity contribution is -0.116. The van der Waals surface area contributed by atoms with Gasteiger partial charge in [-0.15, -0.1) is 11.3 Å². The summed E-state index contributed by atoms with van der Waals surface area (Å²) in [5, 5.41) is 3.79. The smallest absolute Gasteiger partial charge is 0.224 e. The number of pyridine rings is 1.